The SMILES string of the molecule is CC1=C(S(=O)(=O)c2ccc(C)cc2)C(CC(=O)c2ccc(Cl)cc2)c2ccccc2O1. The Bertz CT molecular complexity index is 1270. The van der Waals surface area contributed by atoms with Gasteiger partial charge in [0.2, 0.25) is 9.84 Å². The van der Waals surface area contributed by atoms with Crippen LogP contribution in [0.3, 0.4) is 0 Å². The van der Waals surface area contributed by atoms with Crippen LogP contribution in [0.25, 0.3) is 0 Å². The Morgan fingerprint density at radius 1 is 0.935 bits per heavy atom. The molecule has 1 atom stereocenters. The van der Waals surface area contributed by atoms with Crippen molar-refractivity contribution in [1.29, 1.82) is 0 Å². The molecular formula is C25H21ClO4S. The molecular weight excluding hydrogens is 432 g/mol. The minimum Gasteiger partial charge on any atom is -0.461 e. The van der Waals surface area contributed by atoms with E-state index in [4.69, 9.17) is 16.3 Å². The topological polar surface area (TPSA) is 60.4 Å². The summed E-state index contributed by atoms with van der Waals surface area (Å²) in [5.74, 6) is 0.0344. The first kappa shape index (κ1) is 21.3. The van der Waals surface area contributed by atoms with Gasteiger partial charge in [0.05, 0.1) is 9.80 Å². The van der Waals surface area contributed by atoms with Gasteiger partial charge in [0, 0.05) is 28.5 Å². The van der Waals surface area contributed by atoms with Gasteiger partial charge in [-0.15, -0.1) is 0 Å². The summed E-state index contributed by atoms with van der Waals surface area (Å²) in [6.45, 7) is 3.53. The van der Waals surface area contributed by atoms with Crippen molar-refractivity contribution in [2.45, 2.75) is 31.1 Å². The van der Waals surface area contributed by atoms with Gasteiger partial charge in [-0.05, 0) is 56.3 Å². The Morgan fingerprint density at radius 2 is 1.58 bits per heavy atom. The summed E-state index contributed by atoms with van der Waals surface area (Å²) < 4.78 is 33.1. The highest BCUT2D eigenvalue weighted by Crippen LogP contribution is 2.45. The fraction of sp³-hybridized carbons (Fsp3) is 0.160. The van der Waals surface area contributed by atoms with Crippen LogP contribution in [0.2, 0.25) is 5.02 Å². The van der Waals surface area contributed by atoms with E-state index in [0.717, 1.165) is 5.56 Å². The molecule has 1 aliphatic heterocycles. The van der Waals surface area contributed by atoms with Crippen molar-refractivity contribution in [2.75, 3.05) is 0 Å². The fourth-order valence-electron chi connectivity index (χ4n) is 3.83. The predicted molar refractivity (Wildman–Crippen MR) is 121 cm³/mol. The Balaban J connectivity index is 1.81. The van der Waals surface area contributed by atoms with Crippen LogP contribution < -0.4 is 4.74 Å². The van der Waals surface area contributed by atoms with Crippen molar-refractivity contribution in [3.05, 3.63) is 105 Å². The van der Waals surface area contributed by atoms with Gasteiger partial charge in [0.25, 0.3) is 0 Å². The first-order valence-electron chi connectivity index (χ1n) is 9.85. The highest BCUT2D eigenvalue weighted by molar-refractivity contribution is 7.95. The van der Waals surface area contributed by atoms with Crippen molar-refractivity contribution in [3.63, 3.8) is 0 Å². The number of halogens is 1. The minimum atomic E-state index is -3.87. The summed E-state index contributed by atoms with van der Waals surface area (Å²) in [6, 6.07) is 20.5. The van der Waals surface area contributed by atoms with Crippen molar-refractivity contribution in [1.82, 2.24) is 0 Å². The zero-order valence-electron chi connectivity index (χ0n) is 17.1. The maximum Gasteiger partial charge on any atom is 0.206 e. The number of carbonyl (C=O) groups is 1. The molecule has 0 aliphatic carbocycles. The molecule has 0 radical (unpaired) electrons. The summed E-state index contributed by atoms with van der Waals surface area (Å²) >= 11 is 5.94. The van der Waals surface area contributed by atoms with Gasteiger partial charge in [-0.3, -0.25) is 4.79 Å². The van der Waals surface area contributed by atoms with E-state index in [1.807, 2.05) is 25.1 Å². The minimum absolute atomic E-state index is 0.000228. The third-order valence-corrected chi connectivity index (χ3v) is 7.69. The first-order valence-corrected chi connectivity index (χ1v) is 11.7. The van der Waals surface area contributed by atoms with Crippen molar-refractivity contribution < 1.29 is 17.9 Å². The third-order valence-electron chi connectivity index (χ3n) is 5.40. The highest BCUT2D eigenvalue weighted by atomic mass is 35.5. The normalized spacial score (nSPS) is 15.9. The highest BCUT2D eigenvalue weighted by Gasteiger charge is 2.38. The molecule has 0 fully saturated rings. The number of allylic oxidation sites excluding steroid dienone is 2. The molecule has 6 heteroatoms. The molecule has 1 unspecified atom stereocenters. The number of fused-ring (bicyclic) bond motifs is 1. The maximum absolute atomic E-state index is 13.6. The lowest BCUT2D eigenvalue weighted by atomic mass is 9.89. The van der Waals surface area contributed by atoms with Gasteiger partial charge in [0.15, 0.2) is 5.78 Å². The number of hydrogen-bond acceptors (Lipinski definition) is 4. The Morgan fingerprint density at radius 3 is 2.26 bits per heavy atom. The standard InChI is InChI=1S/C25H21ClO4S/c1-16-7-13-20(14-8-16)31(28,29)25-17(2)30-24-6-4-3-5-21(24)22(25)15-23(27)18-9-11-19(26)12-10-18/h3-14,22H,15H2,1-2H3. The van der Waals surface area contributed by atoms with Gasteiger partial charge in [-0.2, -0.15) is 0 Å². The van der Waals surface area contributed by atoms with E-state index in [1.165, 1.54) is 0 Å². The van der Waals surface area contributed by atoms with Crippen molar-refractivity contribution in [2.24, 2.45) is 0 Å². The van der Waals surface area contributed by atoms with Crippen LogP contribution in [0.4, 0.5) is 0 Å². The van der Waals surface area contributed by atoms with Crippen LogP contribution in [0.5, 0.6) is 5.75 Å². The summed E-state index contributed by atoms with van der Waals surface area (Å²) in [4.78, 5) is 13.4. The smallest absolute Gasteiger partial charge is 0.206 e. The molecule has 0 saturated carbocycles. The van der Waals surface area contributed by atoms with E-state index in [1.54, 1.807) is 61.5 Å². The Hall–Kier alpha value is -2.89. The van der Waals surface area contributed by atoms with Crippen LogP contribution in [0.15, 0.2) is 88.4 Å². The van der Waals surface area contributed by atoms with E-state index in [9.17, 15) is 13.2 Å². The summed E-state index contributed by atoms with van der Waals surface area (Å²) in [6.07, 6.45) is -0.000228. The Labute approximate surface area is 187 Å². The second kappa shape index (κ2) is 8.33. The van der Waals surface area contributed by atoms with E-state index in [-0.39, 0.29) is 27.8 Å². The average Bonchev–Trinajstić information content (AvgIpc) is 2.74. The number of benzene rings is 3. The van der Waals surface area contributed by atoms with E-state index in [0.29, 0.717) is 21.9 Å². The molecule has 3 aromatic carbocycles. The lowest BCUT2D eigenvalue weighted by Gasteiger charge is -2.29. The largest absolute Gasteiger partial charge is 0.461 e. The molecule has 1 aliphatic rings. The van der Waals surface area contributed by atoms with E-state index < -0.39 is 15.8 Å². The molecule has 158 valence electrons. The van der Waals surface area contributed by atoms with Gasteiger partial charge < -0.3 is 4.74 Å². The van der Waals surface area contributed by atoms with Crippen LogP contribution in [-0.4, -0.2) is 14.2 Å². The van der Waals surface area contributed by atoms with Crippen LogP contribution in [0, 0.1) is 6.92 Å². The van der Waals surface area contributed by atoms with Crippen molar-refractivity contribution >= 4 is 27.2 Å². The molecule has 0 bridgehead atoms. The first-order chi connectivity index (χ1) is 14.8. The third kappa shape index (κ3) is 4.16. The Kier molecular flexibility index (Phi) is 5.73. The second-order valence-electron chi connectivity index (χ2n) is 7.56. The number of sulfone groups is 1. The number of ketones is 1. The summed E-state index contributed by atoms with van der Waals surface area (Å²) in [7, 11) is -3.87. The van der Waals surface area contributed by atoms with Gasteiger partial charge in [0.1, 0.15) is 11.5 Å². The molecule has 0 amide bonds. The molecule has 1 heterocycles. The second-order valence-corrected chi connectivity index (χ2v) is 9.92. The zero-order valence-corrected chi connectivity index (χ0v) is 18.7. The maximum atomic E-state index is 13.6. The van der Waals surface area contributed by atoms with Gasteiger partial charge in [-0.25, -0.2) is 8.42 Å². The quantitative estimate of drug-likeness (QED) is 0.438. The molecule has 4 nitrogen and oxygen atoms in total. The number of ether oxygens (including phenoxy) is 1. The average molecular weight is 453 g/mol. The molecule has 4 rings (SSSR count). The molecule has 0 spiro atoms. The number of aryl methyl sites for hydroxylation is 1. The number of carbonyl (C=O) groups excluding carboxylic acids is 1. The number of Topliss-reactive ketones (excluding diaryl/α,β-unsaturated/α-hetero) is 1. The van der Waals surface area contributed by atoms with E-state index in [2.05, 4.69) is 0 Å². The molecule has 31 heavy (non-hydrogen) atoms. The van der Waals surface area contributed by atoms with Gasteiger partial charge in [-0.1, -0.05) is 47.5 Å². The van der Waals surface area contributed by atoms with Crippen LogP contribution in [-0.2, 0) is 9.84 Å². The number of rotatable bonds is 5. The molecule has 0 N–H and O–H groups in total. The van der Waals surface area contributed by atoms with Crippen LogP contribution >= 0.6 is 11.6 Å². The zero-order chi connectivity index (χ0) is 22.2. The summed E-state index contributed by atoms with van der Waals surface area (Å²) in [5, 5.41) is 0.534. The molecule has 0 saturated heterocycles. The monoisotopic (exact) mass is 452 g/mol. The van der Waals surface area contributed by atoms with Crippen molar-refractivity contribution in [3.8, 4) is 5.75 Å². The molecule has 0 aromatic heterocycles. The lowest BCUT2D eigenvalue weighted by Crippen LogP contribution is -2.23. The lowest BCUT2D eigenvalue weighted by molar-refractivity contribution is 0.0977. The summed E-state index contributed by atoms with van der Waals surface area (Å²) in [5.41, 5.74) is 2.13. The fourth-order valence-corrected chi connectivity index (χ4v) is 5.71. The molecule has 3 aromatic rings. The predicted octanol–water partition coefficient (Wildman–Crippen LogP) is 6.10. The van der Waals surface area contributed by atoms with Gasteiger partial charge >= 0.3 is 0 Å². The van der Waals surface area contributed by atoms with Crippen LogP contribution in [0.1, 0.15) is 40.7 Å². The number of para-hydroxylation sites is 1. The number of hydrogen-bond donors (Lipinski definition) is 0. The van der Waals surface area contributed by atoms with E-state index >= 15 is 0 Å².